The molecule has 0 radical (unpaired) electrons. The highest BCUT2D eigenvalue weighted by Gasteiger charge is 2.23. The number of pyridine rings is 1. The van der Waals surface area contributed by atoms with Crippen LogP contribution in [0.5, 0.6) is 0 Å². The molecule has 0 fully saturated rings. The lowest BCUT2D eigenvalue weighted by atomic mass is 9.98. The Morgan fingerprint density at radius 2 is 1.10 bits per heavy atom. The van der Waals surface area contributed by atoms with Crippen molar-refractivity contribution in [2.24, 2.45) is 0 Å². The molecule has 3 aromatic heterocycles. The minimum atomic E-state index is 0.614. The maximum Gasteiger partial charge on any atom is 0.146 e. The number of imidazole rings is 2. The minimum absolute atomic E-state index is 0.614. The lowest BCUT2D eigenvalue weighted by Crippen LogP contribution is -2.00. The Hall–Kier alpha value is -7.29. The highest BCUT2D eigenvalue weighted by atomic mass is 15.1. The summed E-state index contributed by atoms with van der Waals surface area (Å²) in [7, 11) is 0. The van der Waals surface area contributed by atoms with E-state index in [0.29, 0.717) is 5.56 Å². The molecular weight excluding hydrogens is 635 g/mol. The molecule has 0 amide bonds. The fourth-order valence-corrected chi connectivity index (χ4v) is 7.51. The van der Waals surface area contributed by atoms with Crippen LogP contribution in [0.4, 0.5) is 0 Å². The van der Waals surface area contributed by atoms with Crippen molar-refractivity contribution in [3.05, 3.63) is 181 Å². The average Bonchev–Trinajstić information content (AvgIpc) is 3.82. The van der Waals surface area contributed by atoms with Gasteiger partial charge in [-0.15, -0.1) is 0 Å². The first-order valence-corrected chi connectivity index (χ1v) is 17.3. The van der Waals surface area contributed by atoms with Gasteiger partial charge in [-0.25, -0.2) is 9.97 Å². The predicted molar refractivity (Wildman–Crippen MR) is 211 cm³/mol. The minimum Gasteiger partial charge on any atom is -0.292 e. The summed E-state index contributed by atoms with van der Waals surface area (Å²) in [6, 6.07) is 63.0. The van der Waals surface area contributed by atoms with E-state index >= 15 is 0 Å². The summed E-state index contributed by atoms with van der Waals surface area (Å²) in [5, 5.41) is 13.1. The van der Waals surface area contributed by atoms with Crippen molar-refractivity contribution in [1.82, 2.24) is 18.9 Å². The Kier molecular flexibility index (Phi) is 6.80. The summed E-state index contributed by atoms with van der Waals surface area (Å²) in [6.45, 7) is 0. The first-order chi connectivity index (χ1) is 25.7. The fraction of sp³-hybridized carbons (Fsp3) is 0. The second-order valence-corrected chi connectivity index (χ2v) is 13.0. The number of nitriles is 1. The normalized spacial score (nSPS) is 11.4. The molecule has 3 heterocycles. The van der Waals surface area contributed by atoms with Crippen LogP contribution in [0.25, 0.3) is 89.1 Å². The number of para-hydroxylation sites is 3. The van der Waals surface area contributed by atoms with Gasteiger partial charge in [0.25, 0.3) is 0 Å². The molecule has 0 N–H and O–H groups in total. The van der Waals surface area contributed by atoms with E-state index in [0.717, 1.165) is 78.3 Å². The number of nitrogens with zero attached hydrogens (tertiary/aromatic N) is 5. The van der Waals surface area contributed by atoms with E-state index in [2.05, 4.69) is 136 Å². The van der Waals surface area contributed by atoms with Crippen molar-refractivity contribution in [3.63, 3.8) is 0 Å². The number of hydrogen-bond donors (Lipinski definition) is 0. The van der Waals surface area contributed by atoms with Crippen molar-refractivity contribution < 1.29 is 0 Å². The largest absolute Gasteiger partial charge is 0.292 e. The van der Waals surface area contributed by atoms with Crippen molar-refractivity contribution in [2.45, 2.75) is 0 Å². The van der Waals surface area contributed by atoms with Gasteiger partial charge in [-0.05, 0) is 65.0 Å². The van der Waals surface area contributed by atoms with Gasteiger partial charge in [-0.3, -0.25) is 8.97 Å². The Morgan fingerprint density at radius 3 is 1.85 bits per heavy atom. The molecule has 242 valence electrons. The Labute approximate surface area is 299 Å². The third-order valence-corrected chi connectivity index (χ3v) is 9.96. The lowest BCUT2D eigenvalue weighted by molar-refractivity contribution is 1.07. The zero-order valence-electron chi connectivity index (χ0n) is 28.0. The molecule has 5 heteroatoms. The van der Waals surface area contributed by atoms with Crippen LogP contribution in [0.2, 0.25) is 0 Å². The average molecular weight is 664 g/mol. The Bertz CT molecular complexity index is 2990. The van der Waals surface area contributed by atoms with Gasteiger partial charge in [0.15, 0.2) is 0 Å². The first-order valence-electron chi connectivity index (χ1n) is 17.3. The van der Waals surface area contributed by atoms with E-state index in [4.69, 9.17) is 9.97 Å². The molecule has 52 heavy (non-hydrogen) atoms. The van der Waals surface area contributed by atoms with Gasteiger partial charge < -0.3 is 0 Å². The molecule has 10 rings (SSSR count). The third kappa shape index (κ3) is 4.70. The smallest absolute Gasteiger partial charge is 0.146 e. The predicted octanol–water partition coefficient (Wildman–Crippen LogP) is 11.5. The summed E-state index contributed by atoms with van der Waals surface area (Å²) in [5.74, 6) is 0.824. The number of benzene rings is 7. The Balaban J connectivity index is 1.15. The molecule has 0 unspecified atom stereocenters. The molecule has 0 bridgehead atoms. The van der Waals surface area contributed by atoms with Crippen LogP contribution in [0.15, 0.2) is 176 Å². The summed E-state index contributed by atoms with van der Waals surface area (Å²) in [4.78, 5) is 10.5. The molecule has 0 aliphatic heterocycles. The van der Waals surface area contributed by atoms with E-state index in [1.165, 1.54) is 10.8 Å². The van der Waals surface area contributed by atoms with Crippen LogP contribution >= 0.6 is 0 Å². The molecule has 0 aliphatic rings. The van der Waals surface area contributed by atoms with E-state index in [1.807, 2.05) is 54.6 Å². The third-order valence-electron chi connectivity index (χ3n) is 9.96. The van der Waals surface area contributed by atoms with Crippen LogP contribution in [-0.2, 0) is 0 Å². The molecule has 0 aliphatic carbocycles. The van der Waals surface area contributed by atoms with Crippen molar-refractivity contribution in [3.8, 4) is 56.8 Å². The highest BCUT2D eigenvalue weighted by Crippen LogP contribution is 2.40. The second-order valence-electron chi connectivity index (χ2n) is 13.0. The van der Waals surface area contributed by atoms with Gasteiger partial charge >= 0.3 is 0 Å². The number of rotatable bonds is 5. The monoisotopic (exact) mass is 663 g/mol. The van der Waals surface area contributed by atoms with Crippen LogP contribution in [0, 0.1) is 11.3 Å². The number of aromatic nitrogens is 4. The maximum absolute atomic E-state index is 9.55. The molecule has 10 aromatic rings. The fourth-order valence-electron chi connectivity index (χ4n) is 7.51. The van der Waals surface area contributed by atoms with E-state index in [9.17, 15) is 5.26 Å². The summed E-state index contributed by atoms with van der Waals surface area (Å²) < 4.78 is 4.51. The lowest BCUT2D eigenvalue weighted by Gasteiger charge is -2.14. The van der Waals surface area contributed by atoms with Crippen LogP contribution in [0.1, 0.15) is 5.56 Å². The van der Waals surface area contributed by atoms with Crippen molar-refractivity contribution >= 4 is 38.4 Å². The highest BCUT2D eigenvalue weighted by molar-refractivity contribution is 6.14. The van der Waals surface area contributed by atoms with Crippen molar-refractivity contribution in [1.29, 1.82) is 5.26 Å². The Morgan fingerprint density at radius 1 is 0.462 bits per heavy atom. The van der Waals surface area contributed by atoms with Crippen molar-refractivity contribution in [2.75, 3.05) is 0 Å². The van der Waals surface area contributed by atoms with Gasteiger partial charge in [-0.1, -0.05) is 127 Å². The van der Waals surface area contributed by atoms with Gasteiger partial charge in [0.1, 0.15) is 11.5 Å². The van der Waals surface area contributed by atoms with E-state index < -0.39 is 0 Å². The molecular formula is C47H29N5. The topological polar surface area (TPSA) is 58.9 Å². The zero-order valence-corrected chi connectivity index (χ0v) is 28.0. The van der Waals surface area contributed by atoms with E-state index in [1.54, 1.807) is 0 Å². The molecule has 0 atom stereocenters. The zero-order chi connectivity index (χ0) is 34.6. The van der Waals surface area contributed by atoms with E-state index in [-0.39, 0.29) is 0 Å². The molecule has 7 aromatic carbocycles. The van der Waals surface area contributed by atoms with Gasteiger partial charge in [0.05, 0.1) is 39.6 Å². The molecule has 0 saturated heterocycles. The summed E-state index contributed by atoms with van der Waals surface area (Å²) >= 11 is 0. The van der Waals surface area contributed by atoms with Crippen LogP contribution in [0.3, 0.4) is 0 Å². The van der Waals surface area contributed by atoms with Crippen LogP contribution < -0.4 is 0 Å². The summed E-state index contributed by atoms with van der Waals surface area (Å²) in [5.41, 5.74) is 12.9. The first kappa shape index (κ1) is 29.6. The second kappa shape index (κ2) is 11.9. The van der Waals surface area contributed by atoms with Gasteiger partial charge in [-0.2, -0.15) is 5.26 Å². The SMILES string of the molecule is N#Cc1ccc(-n2c(-c3ccc(-c4ccc5c6ccccc6n6c7ccccc7nc6c5c4)cc3)nc(-c3ccccc3)c2-c2ccccc2)cc1. The molecule has 5 nitrogen and oxygen atoms in total. The maximum atomic E-state index is 9.55. The van der Waals surface area contributed by atoms with Crippen LogP contribution in [-0.4, -0.2) is 18.9 Å². The molecule has 0 spiro atoms. The number of fused-ring (bicyclic) bond motifs is 8. The molecule has 0 saturated carbocycles. The van der Waals surface area contributed by atoms with Gasteiger partial charge in [0.2, 0.25) is 0 Å². The van der Waals surface area contributed by atoms with Gasteiger partial charge in [0, 0.05) is 33.2 Å². The standard InChI is InChI=1S/C47H29N5/c48-30-31-19-26-37(27-20-31)51-45(34-13-5-2-6-14-34)44(33-11-3-1-4-12-33)50-46(51)35-23-21-32(22-24-35)36-25-28-38-39-15-7-9-17-42(39)52-43-18-10-8-16-41(43)49-47(52)40(38)29-36/h1-29H. The quantitative estimate of drug-likeness (QED) is 0.172. The number of hydrogen-bond acceptors (Lipinski definition) is 3. The summed E-state index contributed by atoms with van der Waals surface area (Å²) in [6.07, 6.45) is 0.